The molecule has 2 rings (SSSR count). The first kappa shape index (κ1) is 14.8. The molecule has 0 atom stereocenters. The summed E-state index contributed by atoms with van der Waals surface area (Å²) in [6, 6.07) is 8.34. The fourth-order valence-electron chi connectivity index (χ4n) is 1.85. The SMILES string of the molecule is CC(C)NC(=O)CNC(=O)c1cc2ccccc2oc1=O. The molecule has 0 saturated carbocycles. The van der Waals surface area contributed by atoms with Gasteiger partial charge in [0.2, 0.25) is 5.91 Å². The molecule has 2 aromatic rings. The van der Waals surface area contributed by atoms with E-state index in [0.717, 1.165) is 0 Å². The van der Waals surface area contributed by atoms with Gasteiger partial charge >= 0.3 is 5.63 Å². The van der Waals surface area contributed by atoms with Crippen LogP contribution in [0.3, 0.4) is 0 Å². The first-order chi connectivity index (χ1) is 9.97. The molecule has 0 saturated heterocycles. The quantitative estimate of drug-likeness (QED) is 0.823. The summed E-state index contributed by atoms with van der Waals surface area (Å²) < 4.78 is 5.07. The van der Waals surface area contributed by atoms with Crippen molar-refractivity contribution in [3.63, 3.8) is 0 Å². The second-order valence-corrected chi connectivity index (χ2v) is 4.89. The molecule has 0 aliphatic rings. The highest BCUT2D eigenvalue weighted by Gasteiger charge is 2.14. The van der Waals surface area contributed by atoms with Crippen LogP contribution in [0.4, 0.5) is 0 Å². The summed E-state index contributed by atoms with van der Waals surface area (Å²) in [5, 5.41) is 5.68. The fraction of sp³-hybridized carbons (Fsp3) is 0.267. The Morgan fingerprint density at radius 1 is 1.24 bits per heavy atom. The van der Waals surface area contributed by atoms with E-state index in [1.54, 1.807) is 24.3 Å². The van der Waals surface area contributed by atoms with E-state index in [9.17, 15) is 14.4 Å². The van der Waals surface area contributed by atoms with E-state index in [1.807, 2.05) is 13.8 Å². The molecule has 0 bridgehead atoms. The average molecular weight is 288 g/mol. The monoisotopic (exact) mass is 288 g/mol. The third-order valence-corrected chi connectivity index (χ3v) is 2.75. The van der Waals surface area contributed by atoms with Gasteiger partial charge in [-0.15, -0.1) is 0 Å². The number of hydrogen-bond acceptors (Lipinski definition) is 4. The number of rotatable bonds is 4. The molecular weight excluding hydrogens is 272 g/mol. The van der Waals surface area contributed by atoms with Crippen LogP contribution in [0.15, 0.2) is 39.5 Å². The zero-order valence-corrected chi connectivity index (χ0v) is 11.8. The Bertz CT molecular complexity index is 734. The van der Waals surface area contributed by atoms with Crippen molar-refractivity contribution in [1.82, 2.24) is 10.6 Å². The zero-order chi connectivity index (χ0) is 15.4. The lowest BCUT2D eigenvalue weighted by atomic mass is 10.2. The topological polar surface area (TPSA) is 88.4 Å². The molecular formula is C15H16N2O4. The van der Waals surface area contributed by atoms with E-state index in [1.165, 1.54) is 6.07 Å². The number of carbonyl (C=O) groups is 2. The molecule has 6 heteroatoms. The highest BCUT2D eigenvalue weighted by Crippen LogP contribution is 2.12. The van der Waals surface area contributed by atoms with E-state index < -0.39 is 11.5 Å². The van der Waals surface area contributed by atoms with Crippen LogP contribution >= 0.6 is 0 Å². The van der Waals surface area contributed by atoms with Gasteiger partial charge in [-0.3, -0.25) is 9.59 Å². The molecule has 0 fully saturated rings. The molecule has 1 aromatic carbocycles. The van der Waals surface area contributed by atoms with Gasteiger partial charge in [-0.1, -0.05) is 18.2 Å². The van der Waals surface area contributed by atoms with E-state index in [-0.39, 0.29) is 24.1 Å². The minimum Gasteiger partial charge on any atom is -0.422 e. The van der Waals surface area contributed by atoms with Gasteiger partial charge in [0.1, 0.15) is 11.1 Å². The number of fused-ring (bicyclic) bond motifs is 1. The van der Waals surface area contributed by atoms with Crippen LogP contribution in [0.2, 0.25) is 0 Å². The fourth-order valence-corrected chi connectivity index (χ4v) is 1.85. The van der Waals surface area contributed by atoms with Crippen LogP contribution in [-0.2, 0) is 4.79 Å². The van der Waals surface area contributed by atoms with Gasteiger partial charge < -0.3 is 15.1 Å². The highest BCUT2D eigenvalue weighted by molar-refractivity contribution is 5.98. The van der Waals surface area contributed by atoms with Crippen molar-refractivity contribution in [2.24, 2.45) is 0 Å². The van der Waals surface area contributed by atoms with Crippen LogP contribution in [-0.4, -0.2) is 24.4 Å². The average Bonchev–Trinajstić information content (AvgIpc) is 2.43. The lowest BCUT2D eigenvalue weighted by Gasteiger charge is -2.09. The highest BCUT2D eigenvalue weighted by atomic mass is 16.4. The van der Waals surface area contributed by atoms with Gasteiger partial charge in [0.05, 0.1) is 6.54 Å². The summed E-state index contributed by atoms with van der Waals surface area (Å²) >= 11 is 0. The van der Waals surface area contributed by atoms with Crippen molar-refractivity contribution in [2.45, 2.75) is 19.9 Å². The molecule has 2 N–H and O–H groups in total. The minimum absolute atomic E-state index is 0.0138. The third-order valence-electron chi connectivity index (χ3n) is 2.75. The van der Waals surface area contributed by atoms with Crippen LogP contribution in [0.5, 0.6) is 0 Å². The predicted octanol–water partition coefficient (Wildman–Crippen LogP) is 1.05. The number of hydrogen-bond donors (Lipinski definition) is 2. The van der Waals surface area contributed by atoms with Crippen LogP contribution in [0, 0.1) is 0 Å². The van der Waals surface area contributed by atoms with E-state index in [2.05, 4.69) is 10.6 Å². The Morgan fingerprint density at radius 2 is 1.95 bits per heavy atom. The van der Waals surface area contributed by atoms with Crippen molar-refractivity contribution < 1.29 is 14.0 Å². The molecule has 0 aliphatic heterocycles. The predicted molar refractivity (Wildman–Crippen MR) is 78.1 cm³/mol. The van der Waals surface area contributed by atoms with Crippen molar-refractivity contribution >= 4 is 22.8 Å². The van der Waals surface area contributed by atoms with Gasteiger partial charge in [-0.25, -0.2) is 4.79 Å². The van der Waals surface area contributed by atoms with Crippen molar-refractivity contribution in [3.05, 3.63) is 46.3 Å². The standard InChI is InChI=1S/C15H16N2O4/c1-9(2)17-13(18)8-16-14(19)11-7-10-5-3-4-6-12(10)21-15(11)20/h3-7,9H,8H2,1-2H3,(H,16,19)(H,17,18). The molecule has 0 unspecified atom stereocenters. The van der Waals surface area contributed by atoms with Crippen LogP contribution < -0.4 is 16.3 Å². The second kappa shape index (κ2) is 6.21. The smallest absolute Gasteiger partial charge is 0.349 e. The van der Waals surface area contributed by atoms with Gasteiger partial charge in [0.25, 0.3) is 5.91 Å². The van der Waals surface area contributed by atoms with Gasteiger partial charge in [-0.2, -0.15) is 0 Å². The maximum atomic E-state index is 11.9. The third kappa shape index (κ3) is 3.68. The molecule has 6 nitrogen and oxygen atoms in total. The number of carbonyl (C=O) groups excluding carboxylic acids is 2. The lowest BCUT2D eigenvalue weighted by molar-refractivity contribution is -0.120. The Kier molecular flexibility index (Phi) is 4.37. The van der Waals surface area contributed by atoms with Gasteiger partial charge in [0, 0.05) is 11.4 Å². The Balaban J connectivity index is 2.14. The first-order valence-electron chi connectivity index (χ1n) is 6.58. The lowest BCUT2D eigenvalue weighted by Crippen LogP contribution is -2.40. The summed E-state index contributed by atoms with van der Waals surface area (Å²) in [5.74, 6) is -0.947. The Hall–Kier alpha value is -2.63. The Morgan fingerprint density at radius 3 is 2.67 bits per heavy atom. The van der Waals surface area contributed by atoms with E-state index in [4.69, 9.17) is 4.42 Å². The number of nitrogens with one attached hydrogen (secondary N) is 2. The summed E-state index contributed by atoms with van der Waals surface area (Å²) in [6.07, 6.45) is 0. The van der Waals surface area contributed by atoms with Crippen molar-refractivity contribution in [3.8, 4) is 0 Å². The Labute approximate surface area is 121 Å². The second-order valence-electron chi connectivity index (χ2n) is 4.89. The normalized spacial score (nSPS) is 10.6. The summed E-state index contributed by atoms with van der Waals surface area (Å²) in [5.41, 5.74) is -0.432. The summed E-state index contributed by atoms with van der Waals surface area (Å²) in [6.45, 7) is 3.44. The number of para-hydroxylation sites is 1. The molecule has 2 amide bonds. The molecule has 0 spiro atoms. The number of benzene rings is 1. The first-order valence-corrected chi connectivity index (χ1v) is 6.58. The maximum absolute atomic E-state index is 11.9. The molecule has 1 heterocycles. The largest absolute Gasteiger partial charge is 0.422 e. The molecule has 21 heavy (non-hydrogen) atoms. The van der Waals surface area contributed by atoms with E-state index >= 15 is 0 Å². The minimum atomic E-state index is -0.726. The van der Waals surface area contributed by atoms with Crippen LogP contribution in [0.1, 0.15) is 24.2 Å². The summed E-state index contributed by atoms with van der Waals surface area (Å²) in [4.78, 5) is 35.2. The molecule has 110 valence electrons. The van der Waals surface area contributed by atoms with E-state index in [0.29, 0.717) is 11.0 Å². The molecule has 0 radical (unpaired) electrons. The number of amides is 2. The van der Waals surface area contributed by atoms with Gasteiger partial charge in [0.15, 0.2) is 0 Å². The van der Waals surface area contributed by atoms with Crippen molar-refractivity contribution in [1.29, 1.82) is 0 Å². The summed E-state index contributed by atoms with van der Waals surface area (Å²) in [7, 11) is 0. The molecule has 1 aromatic heterocycles. The zero-order valence-electron chi connectivity index (χ0n) is 11.8. The molecule has 0 aliphatic carbocycles. The van der Waals surface area contributed by atoms with Crippen molar-refractivity contribution in [2.75, 3.05) is 6.54 Å². The van der Waals surface area contributed by atoms with Crippen LogP contribution in [0.25, 0.3) is 11.0 Å². The maximum Gasteiger partial charge on any atom is 0.349 e. The van der Waals surface area contributed by atoms with Gasteiger partial charge in [-0.05, 0) is 26.0 Å².